The number of urea groups is 1. The van der Waals surface area contributed by atoms with Gasteiger partial charge in [0.05, 0.1) is 12.7 Å². The van der Waals surface area contributed by atoms with Crippen LogP contribution in [-0.4, -0.2) is 43.0 Å². The molecule has 2 unspecified atom stereocenters. The highest BCUT2D eigenvalue weighted by Gasteiger charge is 2.57. The number of hydrogen-bond donors (Lipinski definition) is 3. The van der Waals surface area contributed by atoms with E-state index in [0.29, 0.717) is 12.6 Å². The molecule has 0 radical (unpaired) electrons. The Labute approximate surface area is 108 Å². The van der Waals surface area contributed by atoms with Crippen LogP contribution in [0.4, 0.5) is 4.79 Å². The van der Waals surface area contributed by atoms with Crippen molar-refractivity contribution >= 4 is 6.03 Å². The lowest BCUT2D eigenvalue weighted by Crippen LogP contribution is -2.64. The fourth-order valence-electron chi connectivity index (χ4n) is 3.47. The molecule has 0 aromatic rings. The van der Waals surface area contributed by atoms with Crippen LogP contribution in [0, 0.1) is 5.41 Å². The smallest absolute Gasteiger partial charge is 0.315 e. The first kappa shape index (κ1) is 13.6. The molecule has 5 nitrogen and oxygen atoms in total. The largest absolute Gasteiger partial charge is 0.395 e. The van der Waals surface area contributed by atoms with Gasteiger partial charge in [0.15, 0.2) is 0 Å². The van der Waals surface area contributed by atoms with Gasteiger partial charge in [0, 0.05) is 24.6 Å². The van der Waals surface area contributed by atoms with Crippen LogP contribution in [0.3, 0.4) is 0 Å². The Hall–Kier alpha value is -0.810. The van der Waals surface area contributed by atoms with Crippen molar-refractivity contribution < 1.29 is 14.6 Å². The van der Waals surface area contributed by atoms with Gasteiger partial charge >= 0.3 is 6.03 Å². The van der Waals surface area contributed by atoms with Crippen molar-refractivity contribution in [2.45, 2.75) is 51.2 Å². The summed E-state index contributed by atoms with van der Waals surface area (Å²) in [5, 5.41) is 14.3. The van der Waals surface area contributed by atoms with Crippen LogP contribution in [-0.2, 0) is 4.74 Å². The third-order valence-corrected chi connectivity index (χ3v) is 4.39. The molecule has 104 valence electrons. The zero-order chi connectivity index (χ0) is 13.0. The second kappa shape index (κ2) is 5.89. The highest BCUT2D eigenvalue weighted by atomic mass is 16.5. The van der Waals surface area contributed by atoms with Crippen LogP contribution in [0.25, 0.3) is 0 Å². The van der Waals surface area contributed by atoms with E-state index in [2.05, 4.69) is 10.6 Å². The molecule has 0 aromatic carbocycles. The molecule has 2 amide bonds. The average molecular weight is 256 g/mol. The molecule has 0 saturated heterocycles. The van der Waals surface area contributed by atoms with E-state index in [4.69, 9.17) is 9.84 Å². The lowest BCUT2D eigenvalue weighted by Gasteiger charge is -2.53. The van der Waals surface area contributed by atoms with Crippen LogP contribution >= 0.6 is 0 Å². The molecule has 0 heterocycles. The number of aliphatic hydroxyl groups excluding tert-OH is 1. The average Bonchev–Trinajstić information content (AvgIpc) is 2.87. The molecule has 2 aliphatic carbocycles. The molecule has 2 aliphatic rings. The molecule has 2 atom stereocenters. The Balaban J connectivity index is 1.88. The minimum absolute atomic E-state index is 0.0230. The number of aliphatic hydroxyl groups is 1. The van der Waals surface area contributed by atoms with Gasteiger partial charge in [0.1, 0.15) is 0 Å². The predicted octanol–water partition coefficient (Wildman–Crippen LogP) is 1.02. The minimum Gasteiger partial charge on any atom is -0.395 e. The summed E-state index contributed by atoms with van der Waals surface area (Å²) in [6.07, 6.45) is 6.01. The summed E-state index contributed by atoms with van der Waals surface area (Å²) in [5.74, 6) is 0. The molecule has 0 aliphatic heterocycles. The maximum absolute atomic E-state index is 11.6. The topological polar surface area (TPSA) is 70.6 Å². The Morgan fingerprint density at radius 1 is 1.44 bits per heavy atom. The van der Waals surface area contributed by atoms with Crippen molar-refractivity contribution in [2.75, 3.05) is 19.8 Å². The summed E-state index contributed by atoms with van der Waals surface area (Å²) in [5.41, 5.74) is 0.173. The highest BCUT2D eigenvalue weighted by molar-refractivity contribution is 5.74. The number of ether oxygens (including phenoxy) is 1. The number of carbonyl (C=O) groups excluding carboxylic acids is 1. The molecule has 0 aromatic heterocycles. The summed E-state index contributed by atoms with van der Waals surface area (Å²) in [6.45, 7) is 3.05. The van der Waals surface area contributed by atoms with Crippen LogP contribution < -0.4 is 10.6 Å². The first-order valence-corrected chi connectivity index (χ1v) is 7.00. The van der Waals surface area contributed by atoms with Crippen molar-refractivity contribution in [3.63, 3.8) is 0 Å². The van der Waals surface area contributed by atoms with E-state index in [1.165, 1.54) is 12.8 Å². The Morgan fingerprint density at radius 2 is 2.17 bits per heavy atom. The fourth-order valence-corrected chi connectivity index (χ4v) is 3.47. The highest BCUT2D eigenvalue weighted by Crippen LogP contribution is 2.54. The van der Waals surface area contributed by atoms with Crippen molar-refractivity contribution in [2.24, 2.45) is 5.41 Å². The predicted molar refractivity (Wildman–Crippen MR) is 68.3 cm³/mol. The van der Waals surface area contributed by atoms with E-state index >= 15 is 0 Å². The van der Waals surface area contributed by atoms with Gasteiger partial charge in [-0.25, -0.2) is 4.79 Å². The minimum atomic E-state index is -0.171. The molecule has 0 bridgehead atoms. The molecular weight excluding hydrogens is 232 g/mol. The quantitative estimate of drug-likeness (QED) is 0.687. The standard InChI is InChI=1S/C13H24N2O3/c1-2-18-11-9-10(13(11)5-3-4-6-13)15-12(17)14-7-8-16/h10-11,16H,2-9H2,1H3,(H2,14,15,17). The van der Waals surface area contributed by atoms with Crippen molar-refractivity contribution in [3.8, 4) is 0 Å². The maximum Gasteiger partial charge on any atom is 0.315 e. The van der Waals surface area contributed by atoms with Gasteiger partial charge in [-0.1, -0.05) is 12.8 Å². The van der Waals surface area contributed by atoms with E-state index in [9.17, 15) is 4.79 Å². The lowest BCUT2D eigenvalue weighted by molar-refractivity contribution is -0.126. The second-order valence-electron chi connectivity index (χ2n) is 5.30. The maximum atomic E-state index is 11.6. The number of nitrogens with one attached hydrogen (secondary N) is 2. The summed E-state index contributed by atoms with van der Waals surface area (Å²) >= 11 is 0. The Kier molecular flexibility index (Phi) is 4.45. The van der Waals surface area contributed by atoms with Gasteiger partial charge in [-0.05, 0) is 26.2 Å². The summed E-state index contributed by atoms with van der Waals surface area (Å²) in [6, 6.07) is 0.0607. The monoisotopic (exact) mass is 256 g/mol. The SMILES string of the molecule is CCOC1CC(NC(=O)NCCO)C12CCCC2. The first-order chi connectivity index (χ1) is 8.73. The van der Waals surface area contributed by atoms with Gasteiger partial charge in [-0.3, -0.25) is 0 Å². The molecule has 3 N–H and O–H groups in total. The molecule has 2 fully saturated rings. The van der Waals surface area contributed by atoms with E-state index in [0.717, 1.165) is 25.9 Å². The molecule has 5 heteroatoms. The third kappa shape index (κ3) is 2.47. The summed E-state index contributed by atoms with van der Waals surface area (Å²) in [4.78, 5) is 11.6. The molecule has 1 spiro atoms. The number of carbonyl (C=O) groups is 1. The number of rotatable bonds is 5. The molecular formula is C13H24N2O3. The van der Waals surface area contributed by atoms with Crippen LogP contribution in [0.5, 0.6) is 0 Å². The molecule has 2 saturated carbocycles. The van der Waals surface area contributed by atoms with E-state index in [1.807, 2.05) is 6.92 Å². The van der Waals surface area contributed by atoms with Crippen LogP contribution in [0.15, 0.2) is 0 Å². The van der Waals surface area contributed by atoms with Crippen molar-refractivity contribution in [1.82, 2.24) is 10.6 Å². The summed E-state index contributed by atoms with van der Waals surface area (Å²) in [7, 11) is 0. The van der Waals surface area contributed by atoms with E-state index in [-0.39, 0.29) is 24.1 Å². The van der Waals surface area contributed by atoms with Crippen molar-refractivity contribution in [3.05, 3.63) is 0 Å². The molecule has 2 rings (SSSR count). The van der Waals surface area contributed by atoms with Gasteiger partial charge in [-0.2, -0.15) is 0 Å². The van der Waals surface area contributed by atoms with Gasteiger partial charge in [-0.15, -0.1) is 0 Å². The third-order valence-electron chi connectivity index (χ3n) is 4.39. The van der Waals surface area contributed by atoms with Gasteiger partial charge in [0.25, 0.3) is 0 Å². The molecule has 18 heavy (non-hydrogen) atoms. The second-order valence-corrected chi connectivity index (χ2v) is 5.30. The van der Waals surface area contributed by atoms with E-state index < -0.39 is 0 Å². The zero-order valence-electron chi connectivity index (χ0n) is 11.1. The number of hydrogen-bond acceptors (Lipinski definition) is 3. The van der Waals surface area contributed by atoms with Gasteiger partial charge in [0.2, 0.25) is 0 Å². The van der Waals surface area contributed by atoms with E-state index in [1.54, 1.807) is 0 Å². The number of amides is 2. The fraction of sp³-hybridized carbons (Fsp3) is 0.923. The Bertz CT molecular complexity index is 290. The lowest BCUT2D eigenvalue weighted by atomic mass is 9.60. The van der Waals surface area contributed by atoms with Gasteiger partial charge < -0.3 is 20.5 Å². The van der Waals surface area contributed by atoms with Crippen LogP contribution in [0.2, 0.25) is 0 Å². The first-order valence-electron chi connectivity index (χ1n) is 7.00. The Morgan fingerprint density at radius 3 is 2.78 bits per heavy atom. The van der Waals surface area contributed by atoms with Crippen LogP contribution in [0.1, 0.15) is 39.0 Å². The zero-order valence-corrected chi connectivity index (χ0v) is 11.1. The summed E-state index contributed by atoms with van der Waals surface area (Å²) < 4.78 is 5.80. The normalized spacial score (nSPS) is 29.0. The van der Waals surface area contributed by atoms with Crippen molar-refractivity contribution in [1.29, 1.82) is 0 Å².